The van der Waals surface area contributed by atoms with Gasteiger partial charge in [0.1, 0.15) is 11.3 Å². The molecule has 2 aromatic rings. The third-order valence-electron chi connectivity index (χ3n) is 5.46. The first-order chi connectivity index (χ1) is 13.7. The standard InChI is InChI=1S/C20H18F3N3O3/c1-3-13-11-24-9-8-16(13)26-18(28)25(17(27)19(26)10-12(19)2)14-4-6-15(7-5-14)29-20(21,22)23/h4-9,11-12H,3,10H2,1-2H3. The Morgan fingerprint density at radius 2 is 1.86 bits per heavy atom. The Hall–Kier alpha value is -3.10. The van der Waals surface area contributed by atoms with Crippen LogP contribution in [0, 0.1) is 5.92 Å². The number of hydrogen-bond donors (Lipinski definition) is 0. The van der Waals surface area contributed by atoms with Crippen molar-refractivity contribution in [2.75, 3.05) is 9.80 Å². The summed E-state index contributed by atoms with van der Waals surface area (Å²) in [6.45, 7) is 3.83. The molecule has 1 spiro atoms. The average Bonchev–Trinajstić information content (AvgIpc) is 3.28. The van der Waals surface area contributed by atoms with Gasteiger partial charge in [0.25, 0.3) is 5.91 Å². The summed E-state index contributed by atoms with van der Waals surface area (Å²) in [6.07, 6.45) is -0.425. The molecule has 2 aliphatic rings. The van der Waals surface area contributed by atoms with E-state index >= 15 is 0 Å². The summed E-state index contributed by atoms with van der Waals surface area (Å²) in [5.74, 6) is -0.831. The second kappa shape index (κ2) is 6.47. The average molecular weight is 405 g/mol. The molecule has 1 aromatic heterocycles. The van der Waals surface area contributed by atoms with Crippen LogP contribution in [0.5, 0.6) is 5.75 Å². The molecule has 2 unspecified atom stereocenters. The van der Waals surface area contributed by atoms with Crippen LogP contribution >= 0.6 is 0 Å². The van der Waals surface area contributed by atoms with Crippen molar-refractivity contribution in [1.82, 2.24) is 4.98 Å². The molecule has 4 rings (SSSR count). The lowest BCUT2D eigenvalue weighted by atomic mass is 10.1. The zero-order valence-corrected chi connectivity index (χ0v) is 15.7. The predicted molar refractivity (Wildman–Crippen MR) is 98.6 cm³/mol. The molecule has 1 saturated carbocycles. The molecule has 6 nitrogen and oxygen atoms in total. The van der Waals surface area contributed by atoms with Crippen molar-refractivity contribution >= 4 is 23.3 Å². The molecular weight excluding hydrogens is 387 g/mol. The van der Waals surface area contributed by atoms with E-state index in [-0.39, 0.29) is 17.5 Å². The fourth-order valence-electron chi connectivity index (χ4n) is 3.92. The van der Waals surface area contributed by atoms with E-state index in [9.17, 15) is 22.8 Å². The van der Waals surface area contributed by atoms with Crippen LogP contribution in [0.1, 0.15) is 25.8 Å². The number of carbonyl (C=O) groups excluding carboxylic acids is 2. The topological polar surface area (TPSA) is 62.7 Å². The minimum Gasteiger partial charge on any atom is -0.406 e. The maximum absolute atomic E-state index is 13.3. The highest BCUT2D eigenvalue weighted by Gasteiger charge is 2.70. The van der Waals surface area contributed by atoms with E-state index in [2.05, 4.69) is 9.72 Å². The fraction of sp³-hybridized carbons (Fsp3) is 0.350. The summed E-state index contributed by atoms with van der Waals surface area (Å²) >= 11 is 0. The molecule has 29 heavy (non-hydrogen) atoms. The third-order valence-corrected chi connectivity index (χ3v) is 5.46. The number of amides is 3. The van der Waals surface area contributed by atoms with Crippen LogP contribution < -0.4 is 14.5 Å². The van der Waals surface area contributed by atoms with Crippen LogP contribution in [0.3, 0.4) is 0 Å². The summed E-state index contributed by atoms with van der Waals surface area (Å²) in [4.78, 5) is 33.2. The Balaban J connectivity index is 1.72. The van der Waals surface area contributed by atoms with E-state index in [1.54, 1.807) is 18.5 Å². The first kappa shape index (κ1) is 19.2. The number of benzene rings is 1. The summed E-state index contributed by atoms with van der Waals surface area (Å²) in [5, 5.41) is 0. The minimum absolute atomic E-state index is 0.0327. The van der Waals surface area contributed by atoms with Crippen molar-refractivity contribution in [2.24, 2.45) is 5.92 Å². The van der Waals surface area contributed by atoms with E-state index < -0.39 is 23.7 Å². The third kappa shape index (κ3) is 3.01. The van der Waals surface area contributed by atoms with Gasteiger partial charge in [-0.1, -0.05) is 13.8 Å². The molecule has 2 heterocycles. The summed E-state index contributed by atoms with van der Waals surface area (Å²) < 4.78 is 41.0. The number of carbonyl (C=O) groups is 2. The molecule has 152 valence electrons. The maximum Gasteiger partial charge on any atom is 0.573 e. The van der Waals surface area contributed by atoms with Crippen molar-refractivity contribution in [2.45, 2.75) is 38.6 Å². The molecule has 3 amide bonds. The highest BCUT2D eigenvalue weighted by molar-refractivity contribution is 6.32. The van der Waals surface area contributed by atoms with Crippen molar-refractivity contribution in [1.29, 1.82) is 0 Å². The maximum atomic E-state index is 13.3. The predicted octanol–water partition coefficient (Wildman–Crippen LogP) is 4.29. The Kier molecular flexibility index (Phi) is 4.29. The highest BCUT2D eigenvalue weighted by atomic mass is 19.4. The van der Waals surface area contributed by atoms with Gasteiger partial charge in [0.2, 0.25) is 0 Å². The summed E-state index contributed by atoms with van der Waals surface area (Å²) in [6, 6.07) is 5.89. The number of hydrogen-bond acceptors (Lipinski definition) is 4. The second-order valence-corrected chi connectivity index (χ2v) is 7.19. The number of ether oxygens (including phenoxy) is 1. The minimum atomic E-state index is -4.82. The van der Waals surface area contributed by atoms with E-state index in [0.717, 1.165) is 22.6 Å². The van der Waals surface area contributed by atoms with E-state index in [0.29, 0.717) is 18.5 Å². The van der Waals surface area contributed by atoms with Crippen molar-refractivity contribution in [3.8, 4) is 5.75 Å². The van der Waals surface area contributed by atoms with Crippen molar-refractivity contribution in [3.63, 3.8) is 0 Å². The van der Waals surface area contributed by atoms with Crippen molar-refractivity contribution < 1.29 is 27.5 Å². The number of pyridine rings is 1. The Bertz CT molecular complexity index is 977. The largest absolute Gasteiger partial charge is 0.573 e. The summed E-state index contributed by atoms with van der Waals surface area (Å²) in [5.41, 5.74) is 0.693. The van der Waals surface area contributed by atoms with Gasteiger partial charge in [0, 0.05) is 12.4 Å². The zero-order valence-electron chi connectivity index (χ0n) is 15.7. The number of urea groups is 1. The molecule has 1 aliphatic carbocycles. The van der Waals surface area contributed by atoms with Gasteiger partial charge in [-0.15, -0.1) is 13.2 Å². The van der Waals surface area contributed by atoms with Crippen LogP contribution in [0.2, 0.25) is 0 Å². The lowest BCUT2D eigenvalue weighted by Gasteiger charge is -2.24. The molecule has 2 atom stereocenters. The Labute approximate surface area is 164 Å². The van der Waals surface area contributed by atoms with Gasteiger partial charge in [-0.2, -0.15) is 0 Å². The second-order valence-electron chi connectivity index (χ2n) is 7.19. The summed E-state index contributed by atoms with van der Waals surface area (Å²) in [7, 11) is 0. The van der Waals surface area contributed by atoms with Gasteiger partial charge in [-0.05, 0) is 54.7 Å². The van der Waals surface area contributed by atoms with Crippen LogP contribution in [0.25, 0.3) is 0 Å². The molecule has 1 aromatic carbocycles. The first-order valence-electron chi connectivity index (χ1n) is 9.16. The lowest BCUT2D eigenvalue weighted by Crippen LogP contribution is -2.39. The van der Waals surface area contributed by atoms with Gasteiger partial charge >= 0.3 is 12.4 Å². The molecule has 1 aliphatic heterocycles. The van der Waals surface area contributed by atoms with Crippen LogP contribution in [-0.4, -0.2) is 28.8 Å². The number of halogens is 3. The molecule has 1 saturated heterocycles. The van der Waals surface area contributed by atoms with Gasteiger partial charge in [-0.25, -0.2) is 9.69 Å². The number of rotatable bonds is 4. The molecule has 0 N–H and O–H groups in total. The number of aromatic nitrogens is 1. The molecule has 0 radical (unpaired) electrons. The fourth-order valence-corrected chi connectivity index (χ4v) is 3.92. The monoisotopic (exact) mass is 405 g/mol. The number of aryl methyl sites for hydroxylation is 1. The first-order valence-corrected chi connectivity index (χ1v) is 9.16. The lowest BCUT2D eigenvalue weighted by molar-refractivity contribution is -0.274. The molecule has 0 bridgehead atoms. The van der Waals surface area contributed by atoms with Gasteiger partial charge < -0.3 is 4.74 Å². The number of alkyl halides is 3. The SMILES string of the molecule is CCc1cnccc1N1C(=O)N(c2ccc(OC(F)(F)F)cc2)C(=O)C12CC2C. The molecule has 2 fully saturated rings. The van der Waals surface area contributed by atoms with Gasteiger partial charge in [0.15, 0.2) is 0 Å². The number of nitrogens with zero attached hydrogens (tertiary/aromatic N) is 3. The van der Waals surface area contributed by atoms with E-state index in [4.69, 9.17) is 0 Å². The highest BCUT2D eigenvalue weighted by Crippen LogP contribution is 2.55. The quantitative estimate of drug-likeness (QED) is 0.712. The normalized spacial score (nSPS) is 23.8. The van der Waals surface area contributed by atoms with E-state index in [1.165, 1.54) is 17.0 Å². The van der Waals surface area contributed by atoms with Crippen molar-refractivity contribution in [3.05, 3.63) is 48.3 Å². The van der Waals surface area contributed by atoms with Gasteiger partial charge in [-0.3, -0.25) is 14.7 Å². The van der Waals surface area contributed by atoms with Gasteiger partial charge in [0.05, 0.1) is 11.4 Å². The Morgan fingerprint density at radius 1 is 1.21 bits per heavy atom. The number of imide groups is 1. The Morgan fingerprint density at radius 3 is 2.41 bits per heavy atom. The van der Waals surface area contributed by atoms with Crippen LogP contribution in [0.4, 0.5) is 29.3 Å². The van der Waals surface area contributed by atoms with Crippen LogP contribution in [-0.2, 0) is 11.2 Å². The molecule has 9 heteroatoms. The van der Waals surface area contributed by atoms with E-state index in [1.807, 2.05) is 13.8 Å². The zero-order chi connectivity index (χ0) is 21.0. The smallest absolute Gasteiger partial charge is 0.406 e. The van der Waals surface area contributed by atoms with Crippen LogP contribution in [0.15, 0.2) is 42.7 Å². The number of anilines is 2. The molecular formula is C20H18F3N3O3.